The smallest absolute Gasteiger partial charge is 0.331 e. The molecule has 0 aliphatic carbocycles. The summed E-state index contributed by atoms with van der Waals surface area (Å²) in [5.41, 5.74) is 11.0. The third kappa shape index (κ3) is 7.90. The number of amides is 2. The topological polar surface area (TPSA) is 139 Å². The Balaban J connectivity index is 1.32. The second-order valence-corrected chi connectivity index (χ2v) is 21.7. The number of aromatic amines is 1. The molecule has 1 unspecified atom stereocenters. The lowest BCUT2D eigenvalue weighted by molar-refractivity contribution is -0.127. The number of carbonyl (C=O) groups is 2. The van der Waals surface area contributed by atoms with E-state index in [1.165, 1.54) is 0 Å². The molecule has 2 amide bonds. The Labute approximate surface area is 308 Å². The first-order valence-corrected chi connectivity index (χ1v) is 22.1. The highest BCUT2D eigenvalue weighted by molar-refractivity contribution is 7.91. The van der Waals surface area contributed by atoms with Crippen LogP contribution in [0.5, 0.6) is 0 Å². The van der Waals surface area contributed by atoms with Crippen LogP contribution in [0.2, 0.25) is 35.7 Å². The second-order valence-electron chi connectivity index (χ2n) is 13.5. The summed E-state index contributed by atoms with van der Waals surface area (Å²) < 4.78 is 34.4. The zero-order chi connectivity index (χ0) is 36.5. The largest absolute Gasteiger partial charge is 0.366 e. The number of nitrogens with one attached hydrogen (secondary N) is 1. The van der Waals surface area contributed by atoms with Crippen LogP contribution in [0.3, 0.4) is 0 Å². The normalized spacial score (nSPS) is 15.0. The molecule has 0 bridgehead atoms. The maximum Gasteiger partial charge on any atom is 0.331 e. The molecule has 0 radical (unpaired) electrons. The lowest BCUT2D eigenvalue weighted by Gasteiger charge is -2.22. The molecule has 5 aromatic rings. The quantitative estimate of drug-likeness (QED) is 0.0996. The molecule has 1 aromatic heterocycles. The molecule has 1 aliphatic rings. The van der Waals surface area contributed by atoms with E-state index >= 15 is 0 Å². The van der Waals surface area contributed by atoms with Crippen LogP contribution in [0, 0.1) is 0 Å². The summed E-state index contributed by atoms with van der Waals surface area (Å²) in [5, 5.41) is 0.979. The van der Waals surface area contributed by atoms with Crippen molar-refractivity contribution in [1.82, 2.24) is 14.3 Å². The minimum Gasteiger partial charge on any atom is -0.366 e. The Morgan fingerprint density at radius 2 is 1.63 bits per heavy atom. The van der Waals surface area contributed by atoms with Gasteiger partial charge >= 0.3 is 10.2 Å². The Morgan fingerprint density at radius 3 is 2.27 bits per heavy atom. The van der Waals surface area contributed by atoms with Gasteiger partial charge in [-0.25, -0.2) is 9.29 Å². The van der Waals surface area contributed by atoms with Gasteiger partial charge in [-0.1, -0.05) is 97.4 Å². The first-order chi connectivity index (χ1) is 24.2. The number of primary amides is 1. The molecule has 2 heterocycles. The van der Waals surface area contributed by atoms with Crippen LogP contribution in [0.15, 0.2) is 97.2 Å². The molecule has 0 saturated carbocycles. The van der Waals surface area contributed by atoms with Gasteiger partial charge < -0.3 is 15.5 Å². The number of benzene rings is 4. The Hall–Kier alpha value is -4.46. The highest BCUT2D eigenvalue weighted by Gasteiger charge is 2.43. The first kappa shape index (κ1) is 36.3. The summed E-state index contributed by atoms with van der Waals surface area (Å²) in [4.78, 5) is 33.1. The number of imidazole rings is 1. The van der Waals surface area contributed by atoms with Crippen LogP contribution in [-0.2, 0) is 19.7 Å². The van der Waals surface area contributed by atoms with E-state index in [2.05, 4.69) is 24.6 Å². The van der Waals surface area contributed by atoms with Gasteiger partial charge in [0.05, 0.1) is 28.5 Å². The fourth-order valence-electron chi connectivity index (χ4n) is 5.89. The highest BCUT2D eigenvalue weighted by atomic mass is 35.5. The lowest BCUT2D eigenvalue weighted by Crippen LogP contribution is -2.36. The molecular formula is C37H37Cl2N5O5SSi. The van der Waals surface area contributed by atoms with Crippen molar-refractivity contribution in [2.45, 2.75) is 31.6 Å². The summed E-state index contributed by atoms with van der Waals surface area (Å²) in [5.74, 6) is -0.880. The number of ether oxygens (including phenoxy) is 1. The minimum atomic E-state index is -4.13. The van der Waals surface area contributed by atoms with Crippen molar-refractivity contribution in [2.75, 3.05) is 24.2 Å². The van der Waals surface area contributed by atoms with Crippen molar-refractivity contribution in [3.05, 3.63) is 130 Å². The SMILES string of the molecule is C[Si](C)(C)CCOCN1C(=O)CN(c2ccc(C(c3ccc(-c4ccccc4C(N)=O)cc3)c3ncc(-c4ccc(Cl)cc4Cl)[nH]3)cc2)S1(=O)=O. The molecule has 1 aliphatic heterocycles. The molecule has 3 N–H and O–H groups in total. The highest BCUT2D eigenvalue weighted by Crippen LogP contribution is 2.37. The fraction of sp³-hybridized carbons (Fsp3) is 0.216. The molecular weight excluding hydrogens is 725 g/mol. The lowest BCUT2D eigenvalue weighted by atomic mass is 9.89. The van der Waals surface area contributed by atoms with Crippen molar-refractivity contribution in [1.29, 1.82) is 0 Å². The van der Waals surface area contributed by atoms with Gasteiger partial charge in [0.25, 0.3) is 5.91 Å². The van der Waals surface area contributed by atoms with Crippen LogP contribution in [0.4, 0.5) is 5.69 Å². The van der Waals surface area contributed by atoms with Crippen molar-refractivity contribution >= 4 is 59.0 Å². The average molecular weight is 763 g/mol. The van der Waals surface area contributed by atoms with Crippen LogP contribution in [-0.4, -0.2) is 62.5 Å². The van der Waals surface area contributed by atoms with Gasteiger partial charge in [-0.2, -0.15) is 12.7 Å². The van der Waals surface area contributed by atoms with E-state index in [1.54, 1.807) is 42.6 Å². The Morgan fingerprint density at radius 1 is 0.961 bits per heavy atom. The van der Waals surface area contributed by atoms with E-state index in [9.17, 15) is 18.0 Å². The maximum atomic E-state index is 13.5. The second kappa shape index (κ2) is 14.6. The molecule has 10 nitrogen and oxygen atoms in total. The number of nitrogens with zero attached hydrogens (tertiary/aromatic N) is 3. The molecule has 264 valence electrons. The number of hydrogen-bond donors (Lipinski definition) is 2. The molecule has 1 atom stereocenters. The summed E-state index contributed by atoms with van der Waals surface area (Å²) in [6, 6.07) is 28.0. The van der Waals surface area contributed by atoms with Crippen molar-refractivity contribution in [3.8, 4) is 22.4 Å². The number of hydrogen-bond acceptors (Lipinski definition) is 6. The van der Waals surface area contributed by atoms with E-state index in [4.69, 9.17) is 38.7 Å². The molecule has 0 spiro atoms. The number of carbonyl (C=O) groups excluding carboxylic acids is 2. The third-order valence-corrected chi connectivity index (χ3v) is 12.7. The van der Waals surface area contributed by atoms with Gasteiger partial charge in [-0.3, -0.25) is 9.59 Å². The number of anilines is 1. The zero-order valence-electron chi connectivity index (χ0n) is 28.3. The van der Waals surface area contributed by atoms with E-state index in [1.807, 2.05) is 54.6 Å². The number of H-pyrrole nitrogens is 1. The number of halogens is 2. The summed E-state index contributed by atoms with van der Waals surface area (Å²) in [6.07, 6.45) is 1.70. The van der Waals surface area contributed by atoms with Crippen molar-refractivity contribution in [2.24, 2.45) is 5.73 Å². The predicted octanol–water partition coefficient (Wildman–Crippen LogP) is 7.54. The Kier molecular flexibility index (Phi) is 10.4. The van der Waals surface area contributed by atoms with Gasteiger partial charge in [0.1, 0.15) is 19.1 Å². The fourth-order valence-corrected chi connectivity index (χ4v) is 8.58. The molecule has 4 aromatic carbocycles. The van der Waals surface area contributed by atoms with Crippen LogP contribution < -0.4 is 10.0 Å². The number of rotatable bonds is 12. The Bertz CT molecular complexity index is 2190. The number of nitrogens with two attached hydrogens (primary N) is 1. The van der Waals surface area contributed by atoms with E-state index in [-0.39, 0.29) is 13.3 Å². The summed E-state index contributed by atoms with van der Waals surface area (Å²) >= 11 is 12.7. The van der Waals surface area contributed by atoms with Gasteiger partial charge in [0.15, 0.2) is 0 Å². The number of aromatic nitrogens is 2. The average Bonchev–Trinajstić information content (AvgIpc) is 3.65. The molecule has 1 saturated heterocycles. The van der Waals surface area contributed by atoms with Crippen LogP contribution >= 0.6 is 23.2 Å². The van der Waals surface area contributed by atoms with E-state index in [0.717, 1.165) is 36.9 Å². The standard InChI is InChI=1S/C37H37Cl2N5O5SSi/c1-51(2,3)19-18-49-23-44-34(45)22-43(50(44,47)48)28-15-12-26(13-16-28)35(37-41-21-33(42-37)31-17-14-27(38)20-32(31)39)25-10-8-24(9-11-25)29-6-4-5-7-30(29)36(40)46/h4-17,20-21,35H,18-19,22-23H2,1-3H3,(H2,40,46)(H,41,42). The van der Waals surface area contributed by atoms with E-state index < -0.39 is 36.0 Å². The van der Waals surface area contributed by atoms with Crippen LogP contribution in [0.1, 0.15) is 33.2 Å². The predicted molar refractivity (Wildman–Crippen MR) is 204 cm³/mol. The van der Waals surface area contributed by atoms with Crippen LogP contribution in [0.25, 0.3) is 22.4 Å². The van der Waals surface area contributed by atoms with Gasteiger partial charge in [-0.05, 0) is 64.7 Å². The van der Waals surface area contributed by atoms with E-state index in [0.29, 0.717) is 45.0 Å². The summed E-state index contributed by atoms with van der Waals surface area (Å²) in [7, 11) is -5.51. The third-order valence-electron chi connectivity index (χ3n) is 8.67. The van der Waals surface area contributed by atoms with Crippen molar-refractivity contribution < 1.29 is 22.7 Å². The van der Waals surface area contributed by atoms with Gasteiger partial charge in [0, 0.05) is 30.8 Å². The molecule has 1 fully saturated rings. The maximum absolute atomic E-state index is 13.5. The first-order valence-electron chi connectivity index (χ1n) is 16.2. The van der Waals surface area contributed by atoms with Crippen molar-refractivity contribution in [3.63, 3.8) is 0 Å². The monoisotopic (exact) mass is 761 g/mol. The molecule has 51 heavy (non-hydrogen) atoms. The molecule has 6 rings (SSSR count). The molecule has 14 heteroatoms. The zero-order valence-corrected chi connectivity index (χ0v) is 31.6. The van der Waals surface area contributed by atoms with Gasteiger partial charge in [-0.15, -0.1) is 0 Å². The van der Waals surface area contributed by atoms with Gasteiger partial charge in [0.2, 0.25) is 5.91 Å². The summed E-state index contributed by atoms with van der Waals surface area (Å²) in [6.45, 7) is 6.35. The minimum absolute atomic E-state index is 0.319.